The summed E-state index contributed by atoms with van der Waals surface area (Å²) in [6, 6.07) is 0. The number of nitrogens with two attached hydrogens (primary N) is 1. The van der Waals surface area contributed by atoms with E-state index in [1.54, 1.807) is 6.92 Å². The van der Waals surface area contributed by atoms with Crippen molar-refractivity contribution in [1.29, 1.82) is 0 Å². The van der Waals surface area contributed by atoms with Crippen molar-refractivity contribution in [1.82, 2.24) is 5.32 Å². The molecule has 0 saturated heterocycles. The van der Waals surface area contributed by atoms with Gasteiger partial charge in [0.2, 0.25) is 0 Å². The van der Waals surface area contributed by atoms with Crippen LogP contribution in [0.5, 0.6) is 0 Å². The number of carbonyl (C=O) groups excluding carboxylic acids is 1. The molecular formula is C10H24N2O3. The second kappa shape index (κ2) is 15.8. The Kier molecular flexibility index (Phi) is 17.7. The number of carbonyl (C=O) groups is 1. The summed E-state index contributed by atoms with van der Waals surface area (Å²) in [6.07, 6.45) is 0. The lowest BCUT2D eigenvalue weighted by molar-refractivity contribution is -0.142. The van der Waals surface area contributed by atoms with Crippen LogP contribution in [0, 0.1) is 0 Å². The minimum absolute atomic E-state index is 0.235. The quantitative estimate of drug-likeness (QED) is 0.449. The summed E-state index contributed by atoms with van der Waals surface area (Å²) in [5.41, 5.74) is 5.21. The number of nitrogens with one attached hydrogen (secondary N) is 1. The molecule has 0 saturated carbocycles. The van der Waals surface area contributed by atoms with Gasteiger partial charge in [-0.1, -0.05) is 13.8 Å². The van der Waals surface area contributed by atoms with Crippen LogP contribution in [0.1, 0.15) is 20.8 Å². The van der Waals surface area contributed by atoms with Crippen LogP contribution in [0.15, 0.2) is 0 Å². The minimum atomic E-state index is -0.235. The summed E-state index contributed by atoms with van der Waals surface area (Å²) in [5, 5.41) is 2.89. The molecule has 0 atom stereocenters. The Morgan fingerprint density at radius 1 is 1.33 bits per heavy atom. The van der Waals surface area contributed by atoms with Crippen molar-refractivity contribution < 1.29 is 14.3 Å². The molecule has 0 aromatic rings. The molecule has 0 bridgehead atoms. The lowest BCUT2D eigenvalue weighted by Crippen LogP contribution is -2.28. The fourth-order valence-corrected chi connectivity index (χ4v) is 0.732. The first-order valence-corrected chi connectivity index (χ1v) is 5.45. The van der Waals surface area contributed by atoms with Gasteiger partial charge in [-0.05, 0) is 6.92 Å². The van der Waals surface area contributed by atoms with Gasteiger partial charge in [-0.15, -0.1) is 0 Å². The number of rotatable bonds is 8. The maximum Gasteiger partial charge on any atom is 0.319 e. The highest BCUT2D eigenvalue weighted by Gasteiger charge is 1.98. The molecule has 0 aliphatic rings. The zero-order valence-corrected chi connectivity index (χ0v) is 10.0. The molecular weight excluding hydrogens is 196 g/mol. The molecule has 0 rings (SSSR count). The van der Waals surface area contributed by atoms with Gasteiger partial charge < -0.3 is 20.5 Å². The second-order valence-electron chi connectivity index (χ2n) is 2.38. The lowest BCUT2D eigenvalue weighted by atomic mass is 10.6. The third-order valence-corrected chi connectivity index (χ3v) is 1.26. The Morgan fingerprint density at radius 3 is 2.53 bits per heavy atom. The average Bonchev–Trinajstić information content (AvgIpc) is 2.26. The Morgan fingerprint density at radius 2 is 2.00 bits per heavy atom. The van der Waals surface area contributed by atoms with Gasteiger partial charge in [0.25, 0.3) is 0 Å². The van der Waals surface area contributed by atoms with Crippen molar-refractivity contribution in [3.63, 3.8) is 0 Å². The first-order valence-electron chi connectivity index (χ1n) is 5.45. The fourth-order valence-electron chi connectivity index (χ4n) is 0.732. The third-order valence-electron chi connectivity index (χ3n) is 1.26. The normalized spacial score (nSPS) is 9.07. The van der Waals surface area contributed by atoms with Crippen LogP contribution in [0.25, 0.3) is 0 Å². The second-order valence-corrected chi connectivity index (χ2v) is 2.38. The van der Waals surface area contributed by atoms with E-state index in [4.69, 9.17) is 15.2 Å². The smallest absolute Gasteiger partial charge is 0.319 e. The predicted octanol–water partition coefficient (Wildman–Crippen LogP) is 0.141. The molecule has 5 heteroatoms. The van der Waals surface area contributed by atoms with Crippen LogP contribution in [0.2, 0.25) is 0 Å². The van der Waals surface area contributed by atoms with Crippen molar-refractivity contribution in [2.75, 3.05) is 39.5 Å². The van der Waals surface area contributed by atoms with Crippen LogP contribution in [0.3, 0.4) is 0 Å². The number of ether oxygens (including phenoxy) is 2. The van der Waals surface area contributed by atoms with Crippen molar-refractivity contribution in [3.05, 3.63) is 0 Å². The molecule has 0 fully saturated rings. The van der Waals surface area contributed by atoms with Crippen molar-refractivity contribution in [2.24, 2.45) is 5.73 Å². The van der Waals surface area contributed by atoms with Crippen LogP contribution in [-0.4, -0.2) is 45.4 Å². The van der Waals surface area contributed by atoms with E-state index in [2.05, 4.69) is 5.32 Å². The highest BCUT2D eigenvalue weighted by Crippen LogP contribution is 1.75. The van der Waals surface area contributed by atoms with E-state index in [0.717, 1.165) is 0 Å². The van der Waals surface area contributed by atoms with Gasteiger partial charge in [0.1, 0.15) is 0 Å². The van der Waals surface area contributed by atoms with Gasteiger partial charge in [-0.2, -0.15) is 0 Å². The fraction of sp³-hybridized carbons (Fsp3) is 0.900. The molecule has 3 N–H and O–H groups in total. The largest absolute Gasteiger partial charge is 0.465 e. The molecule has 92 valence electrons. The standard InChI is InChI=1S/C8H18N2O3.C2H6/c1-2-13-8(11)7-10-4-6-12-5-3-9;1-2/h10H,2-7,9H2,1H3;1-2H3. The average molecular weight is 220 g/mol. The molecule has 0 unspecified atom stereocenters. The maximum absolute atomic E-state index is 10.8. The first kappa shape index (κ1) is 16.8. The Balaban J connectivity index is 0. The molecule has 15 heavy (non-hydrogen) atoms. The van der Waals surface area contributed by atoms with Crippen molar-refractivity contribution >= 4 is 5.97 Å². The predicted molar refractivity (Wildman–Crippen MR) is 60.7 cm³/mol. The van der Waals surface area contributed by atoms with Gasteiger partial charge in [0, 0.05) is 13.1 Å². The Bertz CT molecular complexity index is 132. The van der Waals surface area contributed by atoms with E-state index in [9.17, 15) is 4.79 Å². The van der Waals surface area contributed by atoms with Crippen LogP contribution in [0.4, 0.5) is 0 Å². The summed E-state index contributed by atoms with van der Waals surface area (Å²) < 4.78 is 9.79. The first-order chi connectivity index (χ1) is 7.31. The third kappa shape index (κ3) is 16.1. The van der Waals surface area contributed by atoms with Crippen molar-refractivity contribution in [2.45, 2.75) is 20.8 Å². The van der Waals surface area contributed by atoms with E-state index in [1.165, 1.54) is 0 Å². The number of hydrogen-bond acceptors (Lipinski definition) is 5. The van der Waals surface area contributed by atoms with Gasteiger partial charge in [0.15, 0.2) is 0 Å². The molecule has 0 aliphatic carbocycles. The van der Waals surface area contributed by atoms with Gasteiger partial charge in [-0.3, -0.25) is 4.79 Å². The van der Waals surface area contributed by atoms with E-state index >= 15 is 0 Å². The molecule has 0 heterocycles. The highest BCUT2D eigenvalue weighted by atomic mass is 16.5. The summed E-state index contributed by atoms with van der Waals surface area (Å²) in [6.45, 7) is 8.72. The Labute approximate surface area is 92.3 Å². The SMILES string of the molecule is CC.CCOC(=O)CNCCOCCN. The molecule has 0 spiro atoms. The molecule has 0 aliphatic heterocycles. The van der Waals surface area contributed by atoms with Gasteiger partial charge >= 0.3 is 5.97 Å². The highest BCUT2D eigenvalue weighted by molar-refractivity contribution is 5.71. The summed E-state index contributed by atoms with van der Waals surface area (Å²) in [7, 11) is 0. The molecule has 0 aromatic carbocycles. The summed E-state index contributed by atoms with van der Waals surface area (Å²) in [5.74, 6) is -0.235. The van der Waals surface area contributed by atoms with E-state index < -0.39 is 0 Å². The van der Waals surface area contributed by atoms with Gasteiger partial charge in [-0.25, -0.2) is 0 Å². The Hall–Kier alpha value is -0.650. The number of esters is 1. The van der Waals surface area contributed by atoms with Crippen molar-refractivity contribution in [3.8, 4) is 0 Å². The van der Waals surface area contributed by atoms with E-state index in [1.807, 2.05) is 13.8 Å². The summed E-state index contributed by atoms with van der Waals surface area (Å²) >= 11 is 0. The van der Waals surface area contributed by atoms with Crippen LogP contribution in [-0.2, 0) is 14.3 Å². The van der Waals surface area contributed by atoms with Crippen LogP contribution < -0.4 is 11.1 Å². The zero-order valence-electron chi connectivity index (χ0n) is 10.0. The molecule has 0 amide bonds. The van der Waals surface area contributed by atoms with E-state index in [-0.39, 0.29) is 12.5 Å². The maximum atomic E-state index is 10.8. The lowest BCUT2D eigenvalue weighted by Gasteiger charge is -2.04. The van der Waals surface area contributed by atoms with Gasteiger partial charge in [0.05, 0.1) is 26.4 Å². The molecule has 0 aromatic heterocycles. The zero-order chi connectivity index (χ0) is 11.9. The molecule has 0 radical (unpaired) electrons. The number of hydrogen-bond donors (Lipinski definition) is 2. The monoisotopic (exact) mass is 220 g/mol. The summed E-state index contributed by atoms with van der Waals surface area (Å²) in [4.78, 5) is 10.8. The minimum Gasteiger partial charge on any atom is -0.465 e. The van der Waals surface area contributed by atoms with Crippen LogP contribution >= 0.6 is 0 Å². The topological polar surface area (TPSA) is 73.6 Å². The van der Waals surface area contributed by atoms with E-state index in [0.29, 0.717) is 32.9 Å². The molecule has 5 nitrogen and oxygen atoms in total.